The highest BCUT2D eigenvalue weighted by atomic mass is 79.9. The van der Waals surface area contributed by atoms with Gasteiger partial charge < -0.3 is 9.88 Å². The van der Waals surface area contributed by atoms with Gasteiger partial charge in [0.2, 0.25) is 0 Å². The summed E-state index contributed by atoms with van der Waals surface area (Å²) in [7, 11) is 0. The van der Waals surface area contributed by atoms with Crippen LogP contribution in [0.25, 0.3) is 11.8 Å². The highest BCUT2D eigenvalue weighted by Crippen LogP contribution is 2.28. The monoisotopic (exact) mass is 441 g/mol. The Kier molecular flexibility index (Phi) is 5.15. The van der Waals surface area contributed by atoms with Gasteiger partial charge in [-0.2, -0.15) is 0 Å². The van der Waals surface area contributed by atoms with E-state index in [0.717, 1.165) is 52.8 Å². The van der Waals surface area contributed by atoms with Gasteiger partial charge in [0.05, 0.1) is 0 Å². The largest absolute Gasteiger partial charge is 0.329 e. The zero-order valence-electron chi connectivity index (χ0n) is 16.2. The molecule has 0 bridgehead atoms. The van der Waals surface area contributed by atoms with Gasteiger partial charge in [-0.3, -0.25) is 9.69 Å². The molecule has 2 heterocycles. The SMILES string of the molecule is Cc1cc(/C=C2\NC(=O)N(C3CCCCC3)C2=O)c(C)n1-c1ccc(Br)cc1. The molecule has 1 aromatic heterocycles. The summed E-state index contributed by atoms with van der Waals surface area (Å²) in [6.07, 6.45) is 6.96. The molecule has 2 aromatic rings. The molecule has 2 fully saturated rings. The molecule has 0 unspecified atom stereocenters. The Morgan fingerprint density at radius 2 is 1.75 bits per heavy atom. The Hall–Kier alpha value is -2.34. The Morgan fingerprint density at radius 1 is 1.07 bits per heavy atom. The van der Waals surface area contributed by atoms with Crippen molar-refractivity contribution in [2.45, 2.75) is 52.0 Å². The van der Waals surface area contributed by atoms with Gasteiger partial charge in [-0.25, -0.2) is 4.79 Å². The van der Waals surface area contributed by atoms with Gasteiger partial charge in [0.15, 0.2) is 0 Å². The van der Waals surface area contributed by atoms with Gasteiger partial charge >= 0.3 is 6.03 Å². The summed E-state index contributed by atoms with van der Waals surface area (Å²) < 4.78 is 3.18. The Morgan fingerprint density at radius 3 is 2.43 bits per heavy atom. The Balaban J connectivity index is 1.64. The molecule has 1 saturated carbocycles. The van der Waals surface area contributed by atoms with E-state index in [-0.39, 0.29) is 18.0 Å². The van der Waals surface area contributed by atoms with Crippen LogP contribution in [0.5, 0.6) is 0 Å². The van der Waals surface area contributed by atoms with Gasteiger partial charge in [-0.05, 0) is 68.7 Å². The van der Waals surface area contributed by atoms with E-state index in [0.29, 0.717) is 5.70 Å². The van der Waals surface area contributed by atoms with Gasteiger partial charge in [0.1, 0.15) is 5.70 Å². The standard InChI is InChI=1S/C22H24BrN3O2/c1-14-12-16(15(2)25(14)19-10-8-17(23)9-11-19)13-20-21(27)26(22(28)24-20)18-6-4-3-5-7-18/h8-13,18H,3-7H2,1-2H3,(H,24,28)/b20-13-. The average molecular weight is 442 g/mol. The molecule has 1 N–H and O–H groups in total. The molecule has 0 radical (unpaired) electrons. The number of imide groups is 1. The van der Waals surface area contributed by atoms with Crippen LogP contribution in [0, 0.1) is 13.8 Å². The first-order valence-electron chi connectivity index (χ1n) is 9.77. The number of nitrogens with one attached hydrogen (secondary N) is 1. The third-order valence-corrected chi connectivity index (χ3v) is 6.23. The van der Waals surface area contributed by atoms with Gasteiger partial charge in [-0.1, -0.05) is 35.2 Å². The summed E-state index contributed by atoms with van der Waals surface area (Å²) in [6, 6.07) is 9.91. The summed E-state index contributed by atoms with van der Waals surface area (Å²) in [4.78, 5) is 26.8. The second kappa shape index (κ2) is 7.59. The van der Waals surface area contributed by atoms with Crippen LogP contribution in [0.2, 0.25) is 0 Å². The van der Waals surface area contributed by atoms with Crippen LogP contribution in [-0.2, 0) is 4.79 Å². The number of hydrogen-bond donors (Lipinski definition) is 1. The predicted octanol–water partition coefficient (Wildman–Crippen LogP) is 5.08. The van der Waals surface area contributed by atoms with Crippen molar-refractivity contribution in [3.63, 3.8) is 0 Å². The fourth-order valence-corrected chi connectivity index (χ4v) is 4.56. The molecular weight excluding hydrogens is 418 g/mol. The van der Waals surface area contributed by atoms with Crippen molar-refractivity contribution in [1.82, 2.24) is 14.8 Å². The van der Waals surface area contributed by atoms with Crippen LogP contribution in [-0.4, -0.2) is 27.4 Å². The topological polar surface area (TPSA) is 54.3 Å². The van der Waals surface area contributed by atoms with E-state index < -0.39 is 0 Å². The summed E-state index contributed by atoms with van der Waals surface area (Å²) in [6.45, 7) is 4.07. The van der Waals surface area contributed by atoms with Crippen molar-refractivity contribution in [3.8, 4) is 5.69 Å². The molecule has 5 nitrogen and oxygen atoms in total. The van der Waals surface area contributed by atoms with Gasteiger partial charge in [-0.15, -0.1) is 0 Å². The maximum atomic E-state index is 12.9. The minimum atomic E-state index is -0.287. The highest BCUT2D eigenvalue weighted by Gasteiger charge is 2.39. The van der Waals surface area contributed by atoms with E-state index in [1.807, 2.05) is 44.2 Å². The van der Waals surface area contributed by atoms with E-state index in [1.165, 1.54) is 11.3 Å². The van der Waals surface area contributed by atoms with E-state index in [1.54, 1.807) is 6.08 Å². The zero-order chi connectivity index (χ0) is 19.8. The van der Waals surface area contributed by atoms with Crippen LogP contribution in [0.4, 0.5) is 4.79 Å². The molecule has 1 aliphatic heterocycles. The summed E-state index contributed by atoms with van der Waals surface area (Å²) in [5, 5.41) is 2.79. The van der Waals surface area contributed by atoms with Crippen molar-refractivity contribution in [2.75, 3.05) is 0 Å². The molecule has 6 heteroatoms. The van der Waals surface area contributed by atoms with Crippen molar-refractivity contribution in [3.05, 3.63) is 57.5 Å². The van der Waals surface area contributed by atoms with Crippen molar-refractivity contribution < 1.29 is 9.59 Å². The van der Waals surface area contributed by atoms with Crippen LogP contribution in [0.1, 0.15) is 49.1 Å². The van der Waals surface area contributed by atoms with Crippen LogP contribution in [0.15, 0.2) is 40.5 Å². The fraction of sp³-hybridized carbons (Fsp3) is 0.364. The number of aryl methyl sites for hydroxylation is 1. The molecule has 4 rings (SSSR count). The third kappa shape index (κ3) is 3.41. The summed E-state index contributed by atoms with van der Waals surface area (Å²) in [5.41, 5.74) is 4.48. The molecule has 146 valence electrons. The molecule has 0 spiro atoms. The minimum absolute atomic E-state index is 0.0300. The lowest BCUT2D eigenvalue weighted by Crippen LogP contribution is -2.41. The fourth-order valence-electron chi connectivity index (χ4n) is 4.30. The molecule has 1 saturated heterocycles. The maximum Gasteiger partial charge on any atom is 0.329 e. The first-order chi connectivity index (χ1) is 13.5. The zero-order valence-corrected chi connectivity index (χ0v) is 17.8. The Bertz CT molecular complexity index is 953. The second-order valence-electron chi connectivity index (χ2n) is 7.59. The first kappa shape index (κ1) is 19.0. The Labute approximate surface area is 173 Å². The van der Waals surface area contributed by atoms with E-state index in [9.17, 15) is 9.59 Å². The lowest BCUT2D eigenvalue weighted by atomic mass is 9.94. The number of aromatic nitrogens is 1. The summed E-state index contributed by atoms with van der Waals surface area (Å²) >= 11 is 3.47. The molecule has 1 aliphatic carbocycles. The number of carbonyl (C=O) groups is 2. The molecule has 1 aromatic carbocycles. The van der Waals surface area contributed by atoms with E-state index in [2.05, 4.69) is 25.8 Å². The third-order valence-electron chi connectivity index (χ3n) is 5.70. The van der Waals surface area contributed by atoms with Crippen LogP contribution >= 0.6 is 15.9 Å². The predicted molar refractivity (Wildman–Crippen MR) is 113 cm³/mol. The normalized spacial score (nSPS) is 19.5. The van der Waals surface area contributed by atoms with E-state index >= 15 is 0 Å². The molecule has 0 atom stereocenters. The van der Waals surface area contributed by atoms with Crippen molar-refractivity contribution in [1.29, 1.82) is 0 Å². The first-order valence-corrected chi connectivity index (χ1v) is 10.6. The average Bonchev–Trinajstić information content (AvgIpc) is 3.12. The quantitative estimate of drug-likeness (QED) is 0.532. The minimum Gasteiger partial charge on any atom is -0.318 e. The maximum absolute atomic E-state index is 12.9. The van der Waals surface area contributed by atoms with Crippen LogP contribution in [0.3, 0.4) is 0 Å². The molecule has 3 amide bonds. The van der Waals surface area contributed by atoms with Gasteiger partial charge in [0, 0.05) is 27.6 Å². The second-order valence-corrected chi connectivity index (χ2v) is 8.51. The number of benzene rings is 1. The number of nitrogens with zero attached hydrogens (tertiary/aromatic N) is 2. The number of carbonyl (C=O) groups excluding carboxylic acids is 2. The number of amides is 3. The lowest BCUT2D eigenvalue weighted by Gasteiger charge is -2.28. The summed E-state index contributed by atoms with van der Waals surface area (Å²) in [5.74, 6) is -0.203. The lowest BCUT2D eigenvalue weighted by molar-refractivity contribution is -0.124. The van der Waals surface area contributed by atoms with Gasteiger partial charge in [0.25, 0.3) is 5.91 Å². The van der Waals surface area contributed by atoms with Crippen molar-refractivity contribution in [2.24, 2.45) is 0 Å². The smallest absolute Gasteiger partial charge is 0.318 e. The number of rotatable bonds is 3. The molecule has 28 heavy (non-hydrogen) atoms. The van der Waals surface area contributed by atoms with E-state index in [4.69, 9.17) is 0 Å². The van der Waals surface area contributed by atoms with Crippen LogP contribution < -0.4 is 5.32 Å². The number of hydrogen-bond acceptors (Lipinski definition) is 2. The molecule has 2 aliphatic rings. The highest BCUT2D eigenvalue weighted by molar-refractivity contribution is 9.10. The number of halogens is 1. The molecular formula is C22H24BrN3O2. The number of urea groups is 1. The van der Waals surface area contributed by atoms with Crippen molar-refractivity contribution >= 4 is 33.9 Å².